The van der Waals surface area contributed by atoms with Crippen molar-refractivity contribution in [3.05, 3.63) is 97.1 Å². The zero-order valence-electron chi connectivity index (χ0n) is 30.3. The number of aliphatic hydroxyl groups is 1. The first-order chi connectivity index (χ1) is 25.1. The third kappa shape index (κ3) is 8.06. The number of ether oxygens (including phenoxy) is 2. The molecule has 3 aliphatic heterocycles. The van der Waals surface area contributed by atoms with E-state index in [0.717, 1.165) is 24.0 Å². The molecule has 280 valence electrons. The Morgan fingerprint density at radius 2 is 1.73 bits per heavy atom. The summed E-state index contributed by atoms with van der Waals surface area (Å²) in [6, 6.07) is 17.5. The molecule has 1 unspecified atom stereocenters. The van der Waals surface area contributed by atoms with Crippen LogP contribution < -0.4 is 0 Å². The van der Waals surface area contributed by atoms with Crippen LogP contribution in [0.4, 0.5) is 0 Å². The SMILES string of the molecule is C=CCCC(=O)N(C)[C@@H](C)[C@@H](OC(=O)[C@H]1[C@@H]2O[C@@]3(CC2Br)[C@@H]1C(=O)N(CCCCCCO)[C@@H]3C(=O)N(CC=C)Cc1ccccc1)c1ccccc1. The standard InChI is InChI=1S/C41H52BrN3O7/c1-5-7-22-32(47)43(4)28(3)35(30-20-14-11-15-21-30)51-40(50)33-34-38(48)45(24-16-8-9-17-25-46)37(41(34)26-31(42)36(33)52-41)39(49)44(23-6-2)27-29-18-12-10-13-19-29/h5-6,10-15,18-21,28,31,33-37,46H,1-2,7-9,16-17,22-27H2,3-4H3/t28-,31?,33+,34-,35+,36+,37+,41-/m0/s1. The minimum Gasteiger partial charge on any atom is -0.455 e. The Kier molecular flexibility index (Phi) is 13.5. The summed E-state index contributed by atoms with van der Waals surface area (Å²) in [6.45, 7) is 10.5. The number of carbonyl (C=O) groups is 4. The normalized spacial score (nSPS) is 25.7. The molecule has 2 aromatic carbocycles. The average Bonchev–Trinajstić information content (AvgIpc) is 3.75. The largest absolute Gasteiger partial charge is 0.455 e. The number of amides is 3. The maximum atomic E-state index is 14.8. The third-order valence-electron chi connectivity index (χ3n) is 10.9. The highest BCUT2D eigenvalue weighted by Gasteiger charge is 2.77. The van der Waals surface area contributed by atoms with E-state index in [0.29, 0.717) is 38.8 Å². The van der Waals surface area contributed by atoms with Crippen molar-refractivity contribution in [3.63, 3.8) is 0 Å². The molecule has 3 saturated heterocycles. The Balaban J connectivity index is 1.48. The summed E-state index contributed by atoms with van der Waals surface area (Å²) in [5, 5.41) is 9.30. The molecule has 0 aromatic heterocycles. The number of alkyl halides is 1. The number of nitrogens with zero attached hydrogens (tertiary/aromatic N) is 3. The Morgan fingerprint density at radius 1 is 1.06 bits per heavy atom. The van der Waals surface area contributed by atoms with Crippen LogP contribution in [0.15, 0.2) is 86.0 Å². The second kappa shape index (κ2) is 17.8. The number of rotatable bonds is 19. The van der Waals surface area contributed by atoms with E-state index in [4.69, 9.17) is 9.47 Å². The molecule has 2 aromatic rings. The van der Waals surface area contributed by atoms with Gasteiger partial charge >= 0.3 is 5.97 Å². The van der Waals surface area contributed by atoms with Gasteiger partial charge in [0.1, 0.15) is 17.7 Å². The quantitative estimate of drug-likeness (QED) is 0.0855. The summed E-state index contributed by atoms with van der Waals surface area (Å²) in [6.07, 6.45) is 5.90. The molecule has 1 N–H and O–H groups in total. The first-order valence-electron chi connectivity index (χ1n) is 18.4. The number of fused-ring (bicyclic) bond motifs is 1. The van der Waals surface area contributed by atoms with Gasteiger partial charge in [-0.05, 0) is 43.7 Å². The van der Waals surface area contributed by atoms with Gasteiger partial charge in [-0.3, -0.25) is 19.2 Å². The fourth-order valence-corrected chi connectivity index (χ4v) is 9.10. The predicted octanol–water partition coefficient (Wildman–Crippen LogP) is 5.60. The first-order valence-corrected chi connectivity index (χ1v) is 19.3. The Bertz CT molecular complexity index is 1570. The number of esters is 1. The van der Waals surface area contributed by atoms with E-state index >= 15 is 0 Å². The van der Waals surface area contributed by atoms with Gasteiger partial charge in [0.05, 0.1) is 24.0 Å². The van der Waals surface area contributed by atoms with Gasteiger partial charge in [-0.25, -0.2) is 0 Å². The number of aliphatic hydroxyl groups excluding tert-OH is 1. The zero-order chi connectivity index (χ0) is 37.4. The molecule has 0 saturated carbocycles. The number of carbonyl (C=O) groups excluding carboxylic acids is 4. The maximum absolute atomic E-state index is 14.8. The molecule has 8 atom stereocenters. The van der Waals surface area contributed by atoms with Gasteiger partial charge in [0.25, 0.3) is 0 Å². The van der Waals surface area contributed by atoms with Crippen LogP contribution >= 0.6 is 15.9 Å². The van der Waals surface area contributed by atoms with E-state index in [1.165, 1.54) is 0 Å². The second-order valence-electron chi connectivity index (χ2n) is 14.2. The highest BCUT2D eigenvalue weighted by Crippen LogP contribution is 2.60. The number of allylic oxidation sites excluding steroid dienone is 1. The van der Waals surface area contributed by atoms with E-state index in [1.54, 1.807) is 33.9 Å². The zero-order valence-corrected chi connectivity index (χ0v) is 31.9. The van der Waals surface area contributed by atoms with E-state index in [2.05, 4.69) is 29.1 Å². The predicted molar refractivity (Wildman–Crippen MR) is 202 cm³/mol. The first kappa shape index (κ1) is 39.4. The smallest absolute Gasteiger partial charge is 0.313 e. The van der Waals surface area contributed by atoms with Crippen molar-refractivity contribution in [2.24, 2.45) is 11.8 Å². The molecule has 1 spiro atoms. The van der Waals surface area contributed by atoms with Crippen LogP contribution in [-0.2, 0) is 35.2 Å². The van der Waals surface area contributed by atoms with Gasteiger partial charge in [-0.15, -0.1) is 13.2 Å². The Hall–Kier alpha value is -3.80. The monoisotopic (exact) mass is 777 g/mol. The average molecular weight is 779 g/mol. The van der Waals surface area contributed by atoms with Crippen LogP contribution in [0.1, 0.15) is 69.1 Å². The molecule has 11 heteroatoms. The summed E-state index contributed by atoms with van der Waals surface area (Å²) >= 11 is 3.77. The molecule has 3 fully saturated rings. The Morgan fingerprint density at radius 3 is 2.38 bits per heavy atom. The molecule has 5 rings (SSSR count). The van der Waals surface area contributed by atoms with Crippen molar-refractivity contribution in [2.75, 3.05) is 26.7 Å². The van der Waals surface area contributed by atoms with E-state index in [-0.39, 0.29) is 42.1 Å². The topological polar surface area (TPSA) is 117 Å². The van der Waals surface area contributed by atoms with Gasteiger partial charge in [0, 0.05) is 44.5 Å². The van der Waals surface area contributed by atoms with Gasteiger partial charge in [-0.1, -0.05) is 102 Å². The summed E-state index contributed by atoms with van der Waals surface area (Å²) in [4.78, 5) is 61.8. The molecule has 3 aliphatic rings. The van der Waals surface area contributed by atoms with Crippen LogP contribution in [0, 0.1) is 11.8 Å². The van der Waals surface area contributed by atoms with E-state index in [9.17, 15) is 24.3 Å². The summed E-state index contributed by atoms with van der Waals surface area (Å²) in [5.74, 6) is -3.13. The van der Waals surface area contributed by atoms with Crippen molar-refractivity contribution < 1.29 is 33.8 Å². The molecular weight excluding hydrogens is 726 g/mol. The van der Waals surface area contributed by atoms with Crippen molar-refractivity contribution in [2.45, 2.75) is 93.1 Å². The minimum absolute atomic E-state index is 0.0952. The summed E-state index contributed by atoms with van der Waals surface area (Å²) in [5.41, 5.74) is 0.415. The molecule has 0 aliphatic carbocycles. The third-order valence-corrected chi connectivity index (χ3v) is 11.7. The van der Waals surface area contributed by atoms with E-state index < -0.39 is 47.7 Å². The molecule has 0 radical (unpaired) electrons. The van der Waals surface area contributed by atoms with Crippen LogP contribution in [0.3, 0.4) is 0 Å². The van der Waals surface area contributed by atoms with Crippen molar-refractivity contribution in [3.8, 4) is 0 Å². The van der Waals surface area contributed by atoms with Gasteiger partial charge in [-0.2, -0.15) is 0 Å². The van der Waals surface area contributed by atoms with E-state index in [1.807, 2.05) is 67.6 Å². The number of unbranched alkanes of at least 4 members (excludes halogenated alkanes) is 3. The van der Waals surface area contributed by atoms with Crippen LogP contribution in [0.5, 0.6) is 0 Å². The minimum atomic E-state index is -1.25. The fraction of sp³-hybridized carbons (Fsp3) is 0.512. The van der Waals surface area contributed by atoms with Gasteiger partial charge < -0.3 is 29.3 Å². The fourth-order valence-electron chi connectivity index (χ4n) is 8.15. The lowest BCUT2D eigenvalue weighted by Gasteiger charge is -2.37. The summed E-state index contributed by atoms with van der Waals surface area (Å²) in [7, 11) is 1.70. The molecule has 3 heterocycles. The number of hydrogen-bond acceptors (Lipinski definition) is 7. The Labute approximate surface area is 315 Å². The molecular formula is C41H52BrN3O7. The highest BCUT2D eigenvalue weighted by molar-refractivity contribution is 9.09. The number of hydrogen-bond donors (Lipinski definition) is 1. The van der Waals surface area contributed by atoms with Crippen molar-refractivity contribution in [1.29, 1.82) is 0 Å². The van der Waals surface area contributed by atoms with Gasteiger partial charge in [0.15, 0.2) is 0 Å². The van der Waals surface area contributed by atoms with Crippen molar-refractivity contribution >= 4 is 39.6 Å². The number of likely N-dealkylation sites (N-methyl/N-ethyl adjacent to an activating group) is 1. The number of benzene rings is 2. The van der Waals surface area contributed by atoms with Crippen LogP contribution in [0.25, 0.3) is 0 Å². The summed E-state index contributed by atoms with van der Waals surface area (Å²) < 4.78 is 13.2. The molecule has 10 nitrogen and oxygen atoms in total. The van der Waals surface area contributed by atoms with Crippen molar-refractivity contribution in [1.82, 2.24) is 14.7 Å². The van der Waals surface area contributed by atoms with Crippen LogP contribution in [0.2, 0.25) is 0 Å². The molecule has 2 bridgehead atoms. The second-order valence-corrected chi connectivity index (χ2v) is 15.3. The highest BCUT2D eigenvalue weighted by atomic mass is 79.9. The lowest BCUT2D eigenvalue weighted by molar-refractivity contribution is -0.164. The van der Waals surface area contributed by atoms with Crippen LogP contribution in [-0.4, -0.2) is 98.9 Å². The number of halogens is 1. The molecule has 3 amide bonds. The van der Waals surface area contributed by atoms with Gasteiger partial charge in [0.2, 0.25) is 17.7 Å². The lowest BCUT2D eigenvalue weighted by Crippen LogP contribution is -2.56. The maximum Gasteiger partial charge on any atom is 0.313 e. The number of likely N-dealkylation sites (tertiary alicyclic amines) is 1. The molecule has 52 heavy (non-hydrogen) atoms. The lowest BCUT2D eigenvalue weighted by atomic mass is 9.70.